The number of nitriles is 1. The second kappa shape index (κ2) is 4.06. The molecule has 0 aliphatic carbocycles. The first-order valence-electron chi connectivity index (χ1n) is 4.53. The smallest absolute Gasteiger partial charge is 0.151 e. The van der Waals surface area contributed by atoms with E-state index in [2.05, 4.69) is 0 Å². The molecule has 14 heavy (non-hydrogen) atoms. The van der Waals surface area contributed by atoms with Crippen molar-refractivity contribution in [2.75, 3.05) is 0 Å². The Kier molecular flexibility index (Phi) is 3.03. The number of carbonyl (C=O) groups is 1. The normalized spacial score (nSPS) is 11.9. The van der Waals surface area contributed by atoms with Gasteiger partial charge in [-0.3, -0.25) is 4.79 Å². The van der Waals surface area contributed by atoms with Crippen LogP contribution in [0.2, 0.25) is 0 Å². The van der Waals surface area contributed by atoms with E-state index < -0.39 is 5.92 Å². The van der Waals surface area contributed by atoms with Crippen molar-refractivity contribution in [2.24, 2.45) is 0 Å². The zero-order valence-corrected chi connectivity index (χ0v) is 8.66. The maximum Gasteiger partial charge on any atom is 0.151 e. The van der Waals surface area contributed by atoms with Gasteiger partial charge in [0.25, 0.3) is 0 Å². The third-order valence-electron chi connectivity index (χ3n) is 2.27. The van der Waals surface area contributed by atoms with Crippen molar-refractivity contribution >= 4 is 5.78 Å². The summed E-state index contributed by atoms with van der Waals surface area (Å²) in [5.41, 5.74) is 2.98. The highest BCUT2D eigenvalue weighted by Crippen LogP contribution is 2.21. The number of rotatable bonds is 2. The quantitative estimate of drug-likeness (QED) is 0.713. The number of benzene rings is 1. The Morgan fingerprint density at radius 2 is 2.07 bits per heavy atom. The first-order chi connectivity index (χ1) is 6.56. The van der Waals surface area contributed by atoms with Gasteiger partial charge in [-0.25, -0.2) is 0 Å². The summed E-state index contributed by atoms with van der Waals surface area (Å²) in [7, 11) is 0. The van der Waals surface area contributed by atoms with Crippen molar-refractivity contribution in [1.29, 1.82) is 5.26 Å². The molecule has 0 aliphatic rings. The van der Waals surface area contributed by atoms with Crippen molar-refractivity contribution in [1.82, 2.24) is 0 Å². The van der Waals surface area contributed by atoms with E-state index in [1.807, 2.05) is 38.1 Å². The Morgan fingerprint density at radius 3 is 2.50 bits per heavy atom. The molecule has 1 aromatic carbocycles. The van der Waals surface area contributed by atoms with Crippen LogP contribution in [-0.4, -0.2) is 5.78 Å². The van der Waals surface area contributed by atoms with E-state index >= 15 is 0 Å². The Labute approximate surface area is 84.2 Å². The fourth-order valence-electron chi connectivity index (χ4n) is 1.53. The van der Waals surface area contributed by atoms with Crippen LogP contribution in [0.15, 0.2) is 18.2 Å². The van der Waals surface area contributed by atoms with Crippen LogP contribution in [0.3, 0.4) is 0 Å². The summed E-state index contributed by atoms with van der Waals surface area (Å²) in [6.07, 6.45) is 0. The van der Waals surface area contributed by atoms with Crippen LogP contribution in [-0.2, 0) is 4.79 Å². The lowest BCUT2D eigenvalue weighted by molar-refractivity contribution is -0.117. The van der Waals surface area contributed by atoms with Crippen LogP contribution in [0.1, 0.15) is 29.5 Å². The minimum absolute atomic E-state index is 0.0977. The Bertz CT molecular complexity index is 401. The van der Waals surface area contributed by atoms with Crippen LogP contribution in [0.4, 0.5) is 0 Å². The van der Waals surface area contributed by atoms with E-state index in [4.69, 9.17) is 5.26 Å². The number of aryl methyl sites for hydroxylation is 2. The second-order valence-electron chi connectivity index (χ2n) is 3.53. The van der Waals surface area contributed by atoms with Gasteiger partial charge in [-0.15, -0.1) is 0 Å². The number of Topliss-reactive ketones (excluding diaryl/α,β-unsaturated/α-hetero) is 1. The largest absolute Gasteiger partial charge is 0.298 e. The van der Waals surface area contributed by atoms with E-state index in [1.54, 1.807) is 0 Å². The predicted molar refractivity (Wildman–Crippen MR) is 55.0 cm³/mol. The molecule has 0 aliphatic heterocycles. The molecule has 0 bridgehead atoms. The molecule has 0 aromatic heterocycles. The average Bonchev–Trinajstić information content (AvgIpc) is 2.09. The number of nitrogens with zero attached hydrogens (tertiary/aromatic N) is 1. The summed E-state index contributed by atoms with van der Waals surface area (Å²) >= 11 is 0. The molecule has 0 heterocycles. The fourth-order valence-corrected chi connectivity index (χ4v) is 1.53. The average molecular weight is 187 g/mol. The van der Waals surface area contributed by atoms with E-state index in [-0.39, 0.29) is 5.78 Å². The Hall–Kier alpha value is -1.62. The summed E-state index contributed by atoms with van der Waals surface area (Å²) in [5.74, 6) is -0.713. The van der Waals surface area contributed by atoms with Crippen LogP contribution >= 0.6 is 0 Å². The van der Waals surface area contributed by atoms with Gasteiger partial charge in [0.1, 0.15) is 5.92 Å². The molecule has 1 unspecified atom stereocenters. The zero-order chi connectivity index (χ0) is 10.7. The first kappa shape index (κ1) is 10.5. The third-order valence-corrected chi connectivity index (χ3v) is 2.27. The molecular formula is C12H13NO. The molecule has 2 nitrogen and oxygen atoms in total. The lowest BCUT2D eigenvalue weighted by atomic mass is 9.92. The van der Waals surface area contributed by atoms with Gasteiger partial charge in [0, 0.05) is 0 Å². The summed E-state index contributed by atoms with van der Waals surface area (Å²) in [5, 5.41) is 8.87. The molecule has 0 saturated carbocycles. The molecule has 2 heteroatoms. The number of hydrogen-bond acceptors (Lipinski definition) is 2. The minimum Gasteiger partial charge on any atom is -0.298 e. The predicted octanol–water partition coefficient (Wildman–Crippen LogP) is 2.50. The highest BCUT2D eigenvalue weighted by molar-refractivity contribution is 5.86. The van der Waals surface area contributed by atoms with Gasteiger partial charge < -0.3 is 0 Å². The van der Waals surface area contributed by atoms with E-state index in [0.717, 1.165) is 16.7 Å². The molecule has 0 spiro atoms. The van der Waals surface area contributed by atoms with Gasteiger partial charge >= 0.3 is 0 Å². The Balaban J connectivity index is 3.19. The molecule has 1 aromatic rings. The van der Waals surface area contributed by atoms with Crippen LogP contribution in [0.5, 0.6) is 0 Å². The molecule has 0 amide bonds. The van der Waals surface area contributed by atoms with Gasteiger partial charge in [0.05, 0.1) is 6.07 Å². The van der Waals surface area contributed by atoms with Crippen molar-refractivity contribution in [3.05, 3.63) is 34.9 Å². The summed E-state index contributed by atoms with van der Waals surface area (Å²) < 4.78 is 0. The van der Waals surface area contributed by atoms with Crippen molar-refractivity contribution in [3.8, 4) is 6.07 Å². The van der Waals surface area contributed by atoms with Crippen LogP contribution in [0, 0.1) is 25.2 Å². The van der Waals surface area contributed by atoms with Gasteiger partial charge in [-0.2, -0.15) is 5.26 Å². The molecule has 72 valence electrons. The van der Waals surface area contributed by atoms with Crippen molar-refractivity contribution in [3.63, 3.8) is 0 Å². The molecule has 0 fully saturated rings. The summed E-state index contributed by atoms with van der Waals surface area (Å²) in [4.78, 5) is 11.2. The minimum atomic E-state index is -0.615. The number of carbonyl (C=O) groups excluding carboxylic acids is 1. The maximum atomic E-state index is 11.2. The van der Waals surface area contributed by atoms with E-state index in [1.165, 1.54) is 6.92 Å². The van der Waals surface area contributed by atoms with Crippen LogP contribution in [0.25, 0.3) is 0 Å². The second-order valence-corrected chi connectivity index (χ2v) is 3.53. The molecular weight excluding hydrogens is 174 g/mol. The fraction of sp³-hybridized carbons (Fsp3) is 0.333. The summed E-state index contributed by atoms with van der Waals surface area (Å²) in [6.45, 7) is 5.37. The highest BCUT2D eigenvalue weighted by Gasteiger charge is 2.17. The van der Waals surface area contributed by atoms with E-state index in [9.17, 15) is 4.79 Å². The maximum absolute atomic E-state index is 11.2. The molecule has 0 saturated heterocycles. The molecule has 0 radical (unpaired) electrons. The Morgan fingerprint density at radius 1 is 1.43 bits per heavy atom. The van der Waals surface area contributed by atoms with Gasteiger partial charge in [-0.05, 0) is 31.9 Å². The SMILES string of the molecule is CC(=O)C(C#N)c1ccc(C)cc1C. The summed E-state index contributed by atoms with van der Waals surface area (Å²) in [6, 6.07) is 7.80. The lowest BCUT2D eigenvalue weighted by Crippen LogP contribution is -2.07. The standard InChI is InChI=1S/C12H13NO/c1-8-4-5-11(9(2)6-8)12(7-13)10(3)14/h4-6,12H,1-3H3. The van der Waals surface area contributed by atoms with Crippen LogP contribution < -0.4 is 0 Å². The lowest BCUT2D eigenvalue weighted by Gasteiger charge is -2.09. The molecule has 0 N–H and O–H groups in total. The van der Waals surface area contributed by atoms with Gasteiger partial charge in [0.15, 0.2) is 5.78 Å². The zero-order valence-electron chi connectivity index (χ0n) is 8.66. The third kappa shape index (κ3) is 2.00. The first-order valence-corrected chi connectivity index (χ1v) is 4.53. The molecule has 1 rings (SSSR count). The monoisotopic (exact) mass is 187 g/mol. The van der Waals surface area contributed by atoms with Crippen molar-refractivity contribution in [2.45, 2.75) is 26.7 Å². The number of ketones is 1. The highest BCUT2D eigenvalue weighted by atomic mass is 16.1. The number of hydrogen-bond donors (Lipinski definition) is 0. The topological polar surface area (TPSA) is 40.9 Å². The molecule has 1 atom stereocenters. The van der Waals surface area contributed by atoms with Crippen molar-refractivity contribution < 1.29 is 4.79 Å². The van der Waals surface area contributed by atoms with Gasteiger partial charge in [-0.1, -0.05) is 23.8 Å². The van der Waals surface area contributed by atoms with E-state index in [0.29, 0.717) is 0 Å². The van der Waals surface area contributed by atoms with Gasteiger partial charge in [0.2, 0.25) is 0 Å².